The minimum atomic E-state index is 0.668. The van der Waals surface area contributed by atoms with Gasteiger partial charge < -0.3 is 14.8 Å². The third kappa shape index (κ3) is 2.53. The first-order valence-electron chi connectivity index (χ1n) is 8.82. The normalized spacial score (nSPS) is 28.0. The molecule has 1 aromatic heterocycles. The van der Waals surface area contributed by atoms with Crippen LogP contribution >= 0.6 is 0 Å². The van der Waals surface area contributed by atoms with E-state index in [1.165, 1.54) is 63.1 Å². The lowest BCUT2D eigenvalue weighted by molar-refractivity contribution is 0.367. The average Bonchev–Trinajstić information content (AvgIpc) is 3.11. The highest BCUT2D eigenvalue weighted by atomic mass is 15.2. The Morgan fingerprint density at radius 2 is 2.00 bits per heavy atom. The van der Waals surface area contributed by atoms with Gasteiger partial charge in [-0.05, 0) is 32.9 Å². The molecule has 1 atom stereocenters. The minimum absolute atomic E-state index is 0.668. The molecule has 2 aliphatic heterocycles. The summed E-state index contributed by atoms with van der Waals surface area (Å²) in [7, 11) is 2.26. The summed E-state index contributed by atoms with van der Waals surface area (Å²) in [5.74, 6) is 2.15. The lowest BCUT2D eigenvalue weighted by atomic mass is 9.88. The van der Waals surface area contributed by atoms with Gasteiger partial charge in [0.2, 0.25) is 0 Å². The van der Waals surface area contributed by atoms with Crippen LogP contribution in [0.3, 0.4) is 0 Å². The van der Waals surface area contributed by atoms with E-state index in [0.29, 0.717) is 6.04 Å². The van der Waals surface area contributed by atoms with Crippen LogP contribution in [0.25, 0.3) is 0 Å². The molecule has 116 valence electrons. The van der Waals surface area contributed by atoms with Crippen molar-refractivity contribution in [2.45, 2.75) is 63.5 Å². The largest absolute Gasteiger partial charge is 0.327 e. The van der Waals surface area contributed by atoms with Gasteiger partial charge in [-0.2, -0.15) is 0 Å². The van der Waals surface area contributed by atoms with Crippen molar-refractivity contribution in [1.29, 1.82) is 0 Å². The second-order valence-corrected chi connectivity index (χ2v) is 7.20. The second kappa shape index (κ2) is 5.73. The van der Waals surface area contributed by atoms with Crippen molar-refractivity contribution in [3.63, 3.8) is 0 Å². The predicted octanol–water partition coefficient (Wildman–Crippen LogP) is 2.45. The molecule has 0 spiro atoms. The zero-order valence-corrected chi connectivity index (χ0v) is 13.3. The Kier molecular flexibility index (Phi) is 3.76. The summed E-state index contributed by atoms with van der Waals surface area (Å²) in [5.41, 5.74) is 2.89. The number of aromatic nitrogens is 2. The lowest BCUT2D eigenvalue weighted by Gasteiger charge is -2.26. The van der Waals surface area contributed by atoms with Crippen LogP contribution in [0.15, 0.2) is 0 Å². The fourth-order valence-corrected chi connectivity index (χ4v) is 4.53. The first-order chi connectivity index (χ1) is 10.3. The molecule has 4 heteroatoms. The van der Waals surface area contributed by atoms with Crippen LogP contribution in [0, 0.1) is 0 Å². The van der Waals surface area contributed by atoms with Gasteiger partial charge >= 0.3 is 0 Å². The van der Waals surface area contributed by atoms with Gasteiger partial charge in [0.05, 0.1) is 5.69 Å². The van der Waals surface area contributed by atoms with Gasteiger partial charge in [0.1, 0.15) is 5.82 Å². The first-order valence-corrected chi connectivity index (χ1v) is 8.82. The fourth-order valence-electron chi connectivity index (χ4n) is 4.53. The lowest BCUT2D eigenvalue weighted by Crippen LogP contribution is -2.27. The minimum Gasteiger partial charge on any atom is -0.327 e. The molecule has 2 fully saturated rings. The summed E-state index contributed by atoms with van der Waals surface area (Å²) in [4.78, 5) is 7.60. The quantitative estimate of drug-likeness (QED) is 0.907. The molecule has 1 N–H and O–H groups in total. The maximum Gasteiger partial charge on any atom is 0.112 e. The third-order valence-electron chi connectivity index (χ3n) is 5.65. The van der Waals surface area contributed by atoms with E-state index < -0.39 is 0 Å². The highest BCUT2D eigenvalue weighted by Crippen LogP contribution is 2.37. The van der Waals surface area contributed by atoms with Crippen LogP contribution in [0.4, 0.5) is 0 Å². The zero-order valence-electron chi connectivity index (χ0n) is 13.3. The molecular weight excluding hydrogens is 260 g/mol. The number of nitrogens with one attached hydrogen (secondary N) is 1. The SMILES string of the molecule is CN1CCC(n2c(C3CCCCC3)nc3c2CCNC3)C1. The Morgan fingerprint density at radius 1 is 1.14 bits per heavy atom. The van der Waals surface area contributed by atoms with Gasteiger partial charge in [-0.15, -0.1) is 0 Å². The van der Waals surface area contributed by atoms with Gasteiger partial charge in [0.15, 0.2) is 0 Å². The molecule has 4 nitrogen and oxygen atoms in total. The van der Waals surface area contributed by atoms with Gasteiger partial charge in [-0.25, -0.2) is 4.98 Å². The van der Waals surface area contributed by atoms with Crippen molar-refractivity contribution in [1.82, 2.24) is 19.8 Å². The standard InChI is InChI=1S/C17H28N4/c1-20-10-8-14(12-20)21-16-7-9-18-11-15(16)19-17(21)13-5-3-2-4-6-13/h13-14,18H,2-12H2,1H3. The fraction of sp³-hybridized carbons (Fsp3) is 0.824. The first kappa shape index (κ1) is 13.8. The topological polar surface area (TPSA) is 33.1 Å². The molecule has 1 saturated carbocycles. The van der Waals surface area contributed by atoms with Gasteiger partial charge in [-0.1, -0.05) is 19.3 Å². The molecule has 1 aromatic rings. The van der Waals surface area contributed by atoms with Crippen LogP contribution in [-0.2, 0) is 13.0 Å². The molecule has 0 radical (unpaired) electrons. The second-order valence-electron chi connectivity index (χ2n) is 7.20. The van der Waals surface area contributed by atoms with Crippen LogP contribution in [0.5, 0.6) is 0 Å². The Labute approximate surface area is 127 Å². The summed E-state index contributed by atoms with van der Waals surface area (Å²) < 4.78 is 2.69. The number of fused-ring (bicyclic) bond motifs is 1. The van der Waals surface area contributed by atoms with Crippen molar-refractivity contribution < 1.29 is 0 Å². The molecule has 3 heterocycles. The maximum atomic E-state index is 5.13. The summed E-state index contributed by atoms with van der Waals surface area (Å²) in [6, 6.07) is 0.668. The summed E-state index contributed by atoms with van der Waals surface area (Å²) in [6.07, 6.45) is 9.38. The number of likely N-dealkylation sites (tertiary alicyclic amines) is 1. The van der Waals surface area contributed by atoms with Crippen molar-refractivity contribution in [2.24, 2.45) is 0 Å². The van der Waals surface area contributed by atoms with Crippen molar-refractivity contribution in [3.05, 3.63) is 17.2 Å². The maximum absolute atomic E-state index is 5.13. The monoisotopic (exact) mass is 288 g/mol. The molecule has 1 unspecified atom stereocenters. The van der Waals surface area contributed by atoms with E-state index in [-0.39, 0.29) is 0 Å². The van der Waals surface area contributed by atoms with Crippen molar-refractivity contribution in [2.75, 3.05) is 26.7 Å². The summed E-state index contributed by atoms with van der Waals surface area (Å²) in [6.45, 7) is 4.53. The van der Waals surface area contributed by atoms with E-state index in [1.807, 2.05) is 0 Å². The van der Waals surface area contributed by atoms with Gasteiger partial charge in [0, 0.05) is 43.7 Å². The molecule has 3 aliphatic rings. The molecule has 0 aromatic carbocycles. The average molecular weight is 288 g/mol. The smallest absolute Gasteiger partial charge is 0.112 e. The Balaban J connectivity index is 1.72. The number of nitrogens with zero attached hydrogens (tertiary/aromatic N) is 3. The molecule has 21 heavy (non-hydrogen) atoms. The Bertz CT molecular complexity index is 501. The number of hydrogen-bond donors (Lipinski definition) is 1. The molecule has 0 amide bonds. The Morgan fingerprint density at radius 3 is 2.76 bits per heavy atom. The van der Waals surface area contributed by atoms with E-state index in [1.54, 1.807) is 5.69 Å². The van der Waals surface area contributed by atoms with E-state index in [9.17, 15) is 0 Å². The van der Waals surface area contributed by atoms with Crippen LogP contribution < -0.4 is 5.32 Å². The third-order valence-corrected chi connectivity index (χ3v) is 5.65. The van der Waals surface area contributed by atoms with Crippen molar-refractivity contribution in [3.8, 4) is 0 Å². The highest BCUT2D eigenvalue weighted by Gasteiger charge is 2.31. The Hall–Kier alpha value is -0.870. The number of hydrogen-bond acceptors (Lipinski definition) is 3. The van der Waals surface area contributed by atoms with E-state index >= 15 is 0 Å². The van der Waals surface area contributed by atoms with E-state index in [0.717, 1.165) is 25.4 Å². The summed E-state index contributed by atoms with van der Waals surface area (Å²) >= 11 is 0. The molecule has 1 saturated heterocycles. The molecular formula is C17H28N4. The van der Waals surface area contributed by atoms with Crippen LogP contribution in [0.1, 0.15) is 67.7 Å². The molecule has 4 rings (SSSR count). The van der Waals surface area contributed by atoms with Crippen molar-refractivity contribution >= 4 is 0 Å². The highest BCUT2D eigenvalue weighted by molar-refractivity contribution is 5.24. The van der Waals surface area contributed by atoms with E-state index in [2.05, 4.69) is 21.8 Å². The molecule has 0 bridgehead atoms. The number of rotatable bonds is 2. The number of likely N-dealkylation sites (N-methyl/N-ethyl adjacent to an activating group) is 1. The van der Waals surface area contributed by atoms with Crippen LogP contribution in [0.2, 0.25) is 0 Å². The molecule has 1 aliphatic carbocycles. The van der Waals surface area contributed by atoms with E-state index in [4.69, 9.17) is 4.98 Å². The predicted molar refractivity (Wildman–Crippen MR) is 84.6 cm³/mol. The summed E-state index contributed by atoms with van der Waals surface area (Å²) in [5, 5.41) is 3.50. The van der Waals surface area contributed by atoms with Crippen LogP contribution in [-0.4, -0.2) is 41.1 Å². The van der Waals surface area contributed by atoms with Gasteiger partial charge in [0.25, 0.3) is 0 Å². The van der Waals surface area contributed by atoms with Gasteiger partial charge in [-0.3, -0.25) is 0 Å². The number of imidazole rings is 1. The zero-order chi connectivity index (χ0) is 14.2.